The van der Waals surface area contributed by atoms with Crippen LogP contribution in [0.4, 0.5) is 5.69 Å². The van der Waals surface area contributed by atoms with Crippen LogP contribution < -0.4 is 4.90 Å². The number of hydrogen-bond acceptors (Lipinski definition) is 5. The van der Waals surface area contributed by atoms with E-state index < -0.39 is 11.9 Å². The minimum atomic E-state index is -0.770. The number of benzene rings is 1. The van der Waals surface area contributed by atoms with Gasteiger partial charge in [0.25, 0.3) is 0 Å². The highest BCUT2D eigenvalue weighted by molar-refractivity contribution is 5.80. The summed E-state index contributed by atoms with van der Waals surface area (Å²) in [5.74, 6) is 0.0497. The molecule has 3 rings (SSSR count). The number of rotatable bonds is 4. The third-order valence-corrected chi connectivity index (χ3v) is 3.79. The summed E-state index contributed by atoms with van der Waals surface area (Å²) in [6.45, 7) is 3.15. The van der Waals surface area contributed by atoms with Gasteiger partial charge in [-0.05, 0) is 18.1 Å². The van der Waals surface area contributed by atoms with E-state index in [0.717, 1.165) is 17.7 Å². The average molecular weight is 287 g/mol. The Morgan fingerprint density at radius 3 is 3.00 bits per heavy atom. The number of carbonyl (C=O) groups is 1. The molecule has 110 valence electrons. The fourth-order valence-corrected chi connectivity index (χ4v) is 2.71. The Kier molecular flexibility index (Phi) is 3.60. The van der Waals surface area contributed by atoms with Crippen LogP contribution in [0.25, 0.3) is 0 Å². The molecule has 0 fully saturated rings. The van der Waals surface area contributed by atoms with Crippen LogP contribution in [-0.4, -0.2) is 27.8 Å². The highest BCUT2D eigenvalue weighted by Crippen LogP contribution is 2.35. The Morgan fingerprint density at radius 2 is 2.29 bits per heavy atom. The van der Waals surface area contributed by atoms with Crippen molar-refractivity contribution in [3.63, 3.8) is 0 Å². The summed E-state index contributed by atoms with van der Waals surface area (Å²) >= 11 is 0. The Hall–Kier alpha value is -2.37. The molecular weight excluding hydrogens is 270 g/mol. The van der Waals surface area contributed by atoms with Crippen molar-refractivity contribution >= 4 is 11.7 Å². The lowest BCUT2D eigenvalue weighted by Gasteiger charge is -2.33. The lowest BCUT2D eigenvalue weighted by atomic mass is 9.90. The summed E-state index contributed by atoms with van der Waals surface area (Å²) in [6.07, 6.45) is 1.32. The van der Waals surface area contributed by atoms with E-state index in [9.17, 15) is 9.90 Å². The number of hydrogen-bond donors (Lipinski definition) is 1. The number of carboxylic acid groups (broad SMARTS) is 1. The van der Waals surface area contributed by atoms with Gasteiger partial charge in [0.15, 0.2) is 5.82 Å². The molecule has 1 aliphatic rings. The van der Waals surface area contributed by atoms with Crippen LogP contribution in [-0.2, 0) is 17.8 Å². The molecule has 0 saturated carbocycles. The minimum Gasteiger partial charge on any atom is -0.481 e. The van der Waals surface area contributed by atoms with E-state index in [1.165, 1.54) is 0 Å². The number of anilines is 1. The SMILES string of the molecule is CCc1noc(CN2CCC(C(=O)O)c3ccccc32)n1. The second-order valence-electron chi connectivity index (χ2n) is 5.12. The molecular formula is C15H17N3O3. The van der Waals surface area contributed by atoms with Crippen LogP contribution >= 0.6 is 0 Å². The Bertz CT molecular complexity index is 653. The van der Waals surface area contributed by atoms with Crippen LogP contribution in [0.3, 0.4) is 0 Å². The maximum Gasteiger partial charge on any atom is 0.311 e. The van der Waals surface area contributed by atoms with Crippen molar-refractivity contribution in [1.29, 1.82) is 0 Å². The van der Waals surface area contributed by atoms with Crippen LogP contribution in [0.2, 0.25) is 0 Å². The van der Waals surface area contributed by atoms with E-state index in [1.807, 2.05) is 31.2 Å². The third kappa shape index (κ3) is 2.61. The predicted octanol–water partition coefficient (Wildman–Crippen LogP) is 2.21. The first kappa shape index (κ1) is 13.6. The van der Waals surface area contributed by atoms with Crippen LogP contribution in [0.5, 0.6) is 0 Å². The van der Waals surface area contributed by atoms with Crippen molar-refractivity contribution in [2.75, 3.05) is 11.4 Å². The molecule has 1 unspecified atom stereocenters. The summed E-state index contributed by atoms with van der Waals surface area (Å²) in [6, 6.07) is 7.62. The zero-order chi connectivity index (χ0) is 14.8. The standard InChI is InChI=1S/C15H17N3O3/c1-2-13-16-14(21-17-13)9-18-8-7-11(15(19)20)10-5-3-4-6-12(10)18/h3-6,11H,2,7-9H2,1H3,(H,19,20). The number of para-hydroxylation sites is 1. The zero-order valence-electron chi connectivity index (χ0n) is 11.8. The smallest absolute Gasteiger partial charge is 0.311 e. The molecule has 1 atom stereocenters. The van der Waals surface area contributed by atoms with Crippen molar-refractivity contribution in [1.82, 2.24) is 10.1 Å². The van der Waals surface area contributed by atoms with Crippen molar-refractivity contribution in [2.24, 2.45) is 0 Å². The maximum atomic E-state index is 11.4. The fourth-order valence-electron chi connectivity index (χ4n) is 2.71. The first-order valence-corrected chi connectivity index (χ1v) is 7.07. The molecule has 0 spiro atoms. The Balaban J connectivity index is 1.87. The van der Waals surface area contributed by atoms with Gasteiger partial charge < -0.3 is 14.5 Å². The van der Waals surface area contributed by atoms with Gasteiger partial charge in [-0.1, -0.05) is 30.3 Å². The second kappa shape index (κ2) is 5.55. The average Bonchev–Trinajstić information content (AvgIpc) is 2.95. The molecule has 21 heavy (non-hydrogen) atoms. The number of nitrogens with zero attached hydrogens (tertiary/aromatic N) is 3. The lowest BCUT2D eigenvalue weighted by molar-refractivity contribution is -0.139. The maximum absolute atomic E-state index is 11.4. The molecule has 1 aliphatic heterocycles. The Morgan fingerprint density at radius 1 is 1.48 bits per heavy atom. The van der Waals surface area contributed by atoms with Gasteiger partial charge in [-0.2, -0.15) is 4.98 Å². The molecule has 1 aromatic carbocycles. The first-order chi connectivity index (χ1) is 10.2. The molecule has 0 bridgehead atoms. The number of carboxylic acids is 1. The number of fused-ring (bicyclic) bond motifs is 1. The second-order valence-corrected chi connectivity index (χ2v) is 5.12. The largest absolute Gasteiger partial charge is 0.481 e. The van der Waals surface area contributed by atoms with Crippen molar-refractivity contribution in [3.05, 3.63) is 41.5 Å². The van der Waals surface area contributed by atoms with E-state index in [1.54, 1.807) is 0 Å². The minimum absolute atomic E-state index is 0.439. The topological polar surface area (TPSA) is 79.5 Å². The van der Waals surface area contributed by atoms with E-state index in [-0.39, 0.29) is 0 Å². The molecule has 0 saturated heterocycles. The molecule has 6 nitrogen and oxygen atoms in total. The predicted molar refractivity (Wildman–Crippen MR) is 76.2 cm³/mol. The summed E-state index contributed by atoms with van der Waals surface area (Å²) < 4.78 is 5.23. The van der Waals surface area contributed by atoms with Crippen molar-refractivity contribution < 1.29 is 14.4 Å². The van der Waals surface area contributed by atoms with E-state index >= 15 is 0 Å². The van der Waals surface area contributed by atoms with Crippen molar-refractivity contribution in [3.8, 4) is 0 Å². The van der Waals surface area contributed by atoms with Gasteiger partial charge >= 0.3 is 5.97 Å². The molecule has 0 radical (unpaired) electrons. The highest BCUT2D eigenvalue weighted by Gasteiger charge is 2.30. The number of aliphatic carboxylic acids is 1. The van der Waals surface area contributed by atoms with E-state index in [0.29, 0.717) is 31.2 Å². The zero-order valence-corrected chi connectivity index (χ0v) is 11.8. The normalized spacial score (nSPS) is 17.6. The van der Waals surface area contributed by atoms with Gasteiger partial charge in [0.05, 0.1) is 12.5 Å². The fraction of sp³-hybridized carbons (Fsp3) is 0.400. The highest BCUT2D eigenvalue weighted by atomic mass is 16.5. The van der Waals surface area contributed by atoms with Gasteiger partial charge in [0, 0.05) is 18.7 Å². The summed E-state index contributed by atoms with van der Waals surface area (Å²) in [5.41, 5.74) is 1.79. The lowest BCUT2D eigenvalue weighted by Crippen LogP contribution is -2.33. The van der Waals surface area contributed by atoms with E-state index in [4.69, 9.17) is 4.52 Å². The first-order valence-electron chi connectivity index (χ1n) is 7.07. The summed E-state index contributed by atoms with van der Waals surface area (Å²) in [5, 5.41) is 13.2. The third-order valence-electron chi connectivity index (χ3n) is 3.79. The molecule has 1 N–H and O–H groups in total. The van der Waals surface area contributed by atoms with Crippen molar-refractivity contribution in [2.45, 2.75) is 32.2 Å². The molecule has 2 aromatic rings. The number of aromatic nitrogens is 2. The molecule has 1 aromatic heterocycles. The van der Waals surface area contributed by atoms with Crippen LogP contribution in [0.15, 0.2) is 28.8 Å². The quantitative estimate of drug-likeness (QED) is 0.928. The monoisotopic (exact) mass is 287 g/mol. The van der Waals surface area contributed by atoms with E-state index in [2.05, 4.69) is 15.0 Å². The van der Waals surface area contributed by atoms with Gasteiger partial charge in [0.1, 0.15) is 0 Å². The van der Waals surface area contributed by atoms with Gasteiger partial charge in [-0.15, -0.1) is 0 Å². The van der Waals surface area contributed by atoms with Gasteiger partial charge in [-0.25, -0.2) is 0 Å². The molecule has 0 aliphatic carbocycles. The van der Waals surface area contributed by atoms with Crippen LogP contribution in [0, 0.1) is 0 Å². The molecule has 0 amide bonds. The van der Waals surface area contributed by atoms with Gasteiger partial charge in [0.2, 0.25) is 5.89 Å². The number of aryl methyl sites for hydroxylation is 1. The molecule has 6 heteroatoms. The summed E-state index contributed by atoms with van der Waals surface area (Å²) in [4.78, 5) is 17.8. The summed E-state index contributed by atoms with van der Waals surface area (Å²) in [7, 11) is 0. The van der Waals surface area contributed by atoms with Crippen LogP contribution in [0.1, 0.15) is 36.5 Å². The molecule has 2 heterocycles. The van der Waals surface area contributed by atoms with Gasteiger partial charge in [-0.3, -0.25) is 4.79 Å². The Labute approximate surface area is 122 Å².